The lowest BCUT2D eigenvalue weighted by molar-refractivity contribution is 1.07. The summed E-state index contributed by atoms with van der Waals surface area (Å²) in [7, 11) is 0. The van der Waals surface area contributed by atoms with E-state index in [4.69, 9.17) is 24.9 Å². The number of benzene rings is 7. The van der Waals surface area contributed by atoms with Crippen molar-refractivity contribution in [2.24, 2.45) is 0 Å². The molecule has 0 aliphatic rings. The number of hydrogen-bond donors (Lipinski definition) is 0. The van der Waals surface area contributed by atoms with Crippen LogP contribution in [0, 0.1) is 0 Å². The summed E-state index contributed by atoms with van der Waals surface area (Å²) in [5.74, 6) is 1.83. The highest BCUT2D eigenvalue weighted by atomic mass is 15.0. The highest BCUT2D eigenvalue weighted by molar-refractivity contribution is 6.09. The highest BCUT2D eigenvalue weighted by Crippen LogP contribution is 2.35. The first-order chi connectivity index (χ1) is 31.2. The van der Waals surface area contributed by atoms with Gasteiger partial charge in [0.2, 0.25) is 0 Å². The van der Waals surface area contributed by atoms with E-state index < -0.39 is 0 Å². The zero-order valence-electron chi connectivity index (χ0n) is 33.8. The molecule has 7 heteroatoms. The Morgan fingerprint density at radius 2 is 0.825 bits per heavy atom. The Morgan fingerprint density at radius 1 is 0.302 bits per heavy atom. The third-order valence-corrected chi connectivity index (χ3v) is 11.7. The first-order valence-electron chi connectivity index (χ1n) is 20.9. The van der Waals surface area contributed by atoms with Gasteiger partial charge in [0, 0.05) is 55.7 Å². The Bertz CT molecular complexity index is 3620. The molecule has 63 heavy (non-hydrogen) atoms. The van der Waals surface area contributed by atoms with Gasteiger partial charge in [-0.3, -0.25) is 4.98 Å². The van der Waals surface area contributed by atoms with E-state index in [-0.39, 0.29) is 0 Å². The van der Waals surface area contributed by atoms with Gasteiger partial charge in [0.25, 0.3) is 0 Å². The Labute approximate surface area is 362 Å². The monoisotopic (exact) mass is 805 g/mol. The summed E-state index contributed by atoms with van der Waals surface area (Å²) in [5.41, 5.74) is 13.6. The Balaban J connectivity index is 0.887. The average Bonchev–Trinajstić information content (AvgIpc) is 3.70. The van der Waals surface area contributed by atoms with Gasteiger partial charge in [-0.2, -0.15) is 0 Å². The fourth-order valence-electron chi connectivity index (χ4n) is 8.54. The fourth-order valence-corrected chi connectivity index (χ4v) is 8.54. The predicted molar refractivity (Wildman–Crippen MR) is 255 cm³/mol. The summed E-state index contributed by atoms with van der Waals surface area (Å²) in [6, 6.07) is 71.1. The van der Waals surface area contributed by atoms with Crippen LogP contribution in [0.25, 0.3) is 117 Å². The van der Waals surface area contributed by atoms with Gasteiger partial charge in [-0.25, -0.2) is 24.9 Å². The van der Waals surface area contributed by atoms with Crippen LogP contribution < -0.4 is 0 Å². The van der Waals surface area contributed by atoms with E-state index in [0.717, 1.165) is 89.0 Å². The van der Waals surface area contributed by atoms with Crippen LogP contribution in [0.3, 0.4) is 0 Å². The molecule has 12 rings (SSSR count). The van der Waals surface area contributed by atoms with Crippen LogP contribution in [0.15, 0.2) is 212 Å². The zero-order valence-corrected chi connectivity index (χ0v) is 33.8. The second-order valence-electron chi connectivity index (χ2n) is 15.6. The molecule has 0 bridgehead atoms. The number of fused-ring (bicyclic) bond motifs is 5. The second-order valence-corrected chi connectivity index (χ2v) is 15.6. The van der Waals surface area contributed by atoms with Crippen molar-refractivity contribution in [1.82, 2.24) is 34.5 Å². The molecule has 0 saturated carbocycles. The molecule has 0 amide bonds. The third-order valence-electron chi connectivity index (χ3n) is 11.7. The summed E-state index contributed by atoms with van der Waals surface area (Å²) in [6.07, 6.45) is 1.79. The molecule has 7 aromatic carbocycles. The van der Waals surface area contributed by atoms with Crippen molar-refractivity contribution in [2.75, 3.05) is 0 Å². The molecule has 0 aliphatic heterocycles. The van der Waals surface area contributed by atoms with Crippen molar-refractivity contribution in [2.45, 2.75) is 0 Å². The summed E-state index contributed by atoms with van der Waals surface area (Å²) in [6.45, 7) is 0. The maximum absolute atomic E-state index is 5.14. The van der Waals surface area contributed by atoms with Crippen LogP contribution in [0.1, 0.15) is 0 Å². The van der Waals surface area contributed by atoms with Crippen LogP contribution in [-0.4, -0.2) is 34.5 Å². The average molecular weight is 806 g/mol. The summed E-state index contributed by atoms with van der Waals surface area (Å²) in [4.78, 5) is 29.8. The van der Waals surface area contributed by atoms with Crippen molar-refractivity contribution in [3.05, 3.63) is 212 Å². The molecule has 0 unspecified atom stereocenters. The van der Waals surface area contributed by atoms with Gasteiger partial charge in [-0.05, 0) is 71.8 Å². The lowest BCUT2D eigenvalue weighted by Crippen LogP contribution is -2.01. The maximum Gasteiger partial charge on any atom is 0.164 e. The van der Waals surface area contributed by atoms with Gasteiger partial charge in [0.15, 0.2) is 17.5 Å². The number of aromatic nitrogens is 7. The van der Waals surface area contributed by atoms with Gasteiger partial charge in [-0.1, -0.05) is 146 Å². The highest BCUT2D eigenvalue weighted by Gasteiger charge is 2.16. The number of nitrogens with zero attached hydrogens (tertiary/aromatic N) is 7. The van der Waals surface area contributed by atoms with E-state index >= 15 is 0 Å². The molecular weight excluding hydrogens is 771 g/mol. The van der Waals surface area contributed by atoms with E-state index in [1.807, 2.05) is 54.6 Å². The lowest BCUT2D eigenvalue weighted by Gasteiger charge is -2.12. The van der Waals surface area contributed by atoms with Gasteiger partial charge < -0.3 is 4.57 Å². The maximum atomic E-state index is 5.14. The molecule has 0 N–H and O–H groups in total. The first-order valence-corrected chi connectivity index (χ1v) is 20.9. The van der Waals surface area contributed by atoms with E-state index in [1.165, 1.54) is 10.8 Å². The van der Waals surface area contributed by atoms with Gasteiger partial charge in [-0.15, -0.1) is 0 Å². The summed E-state index contributed by atoms with van der Waals surface area (Å²) in [5, 5.41) is 4.58. The predicted octanol–water partition coefficient (Wildman–Crippen LogP) is 13.5. The molecule has 5 heterocycles. The van der Waals surface area contributed by atoms with E-state index in [2.05, 4.69) is 161 Å². The molecule has 0 saturated heterocycles. The second kappa shape index (κ2) is 15.1. The van der Waals surface area contributed by atoms with Crippen molar-refractivity contribution in [3.8, 4) is 73.6 Å². The number of hydrogen-bond acceptors (Lipinski definition) is 6. The Morgan fingerprint density at radius 3 is 1.52 bits per heavy atom. The fraction of sp³-hybridized carbons (Fsp3) is 0. The van der Waals surface area contributed by atoms with Gasteiger partial charge in [0.05, 0.1) is 39.1 Å². The quantitative estimate of drug-likeness (QED) is 0.160. The lowest BCUT2D eigenvalue weighted by atomic mass is 10.0. The summed E-state index contributed by atoms with van der Waals surface area (Å²) >= 11 is 0. The SMILES string of the molecule is c1ccc(-c2nc(-c3ccc(-c4ccc5ccc(-c6ccc7ccc(-c8ccccn8)nc7c6)nc5c4)cc3)nc(-c3cccc(-n4c5ccccc5c5ccccc54)c3)n2)cc1. The molecule has 0 aliphatic carbocycles. The molecule has 12 aromatic rings. The number of pyridine rings is 3. The molecule has 0 fully saturated rings. The standard InChI is InChI=1S/C56H35N7/c1-2-11-39(12-3-1)54-60-55(62-56(61-54)43-13-10-14-44(33-43)63-52-18-6-4-15-45(52)46-16-5-7-19-53(46)63)40-24-20-36(21-25-40)41-26-22-37-28-30-47(58-50(37)34-41)42-27-23-38-29-31-49(59-51(38)35-42)48-17-8-9-32-57-48/h1-35H. The largest absolute Gasteiger partial charge is 0.309 e. The minimum Gasteiger partial charge on any atom is -0.309 e. The molecule has 294 valence electrons. The van der Waals surface area contributed by atoms with Crippen molar-refractivity contribution < 1.29 is 0 Å². The minimum atomic E-state index is 0.606. The van der Waals surface area contributed by atoms with Gasteiger partial charge in [0.1, 0.15) is 0 Å². The van der Waals surface area contributed by atoms with Crippen molar-refractivity contribution >= 4 is 43.6 Å². The van der Waals surface area contributed by atoms with Crippen LogP contribution in [0.2, 0.25) is 0 Å². The van der Waals surface area contributed by atoms with Crippen molar-refractivity contribution in [1.29, 1.82) is 0 Å². The van der Waals surface area contributed by atoms with Crippen LogP contribution in [-0.2, 0) is 0 Å². The van der Waals surface area contributed by atoms with Crippen molar-refractivity contribution in [3.63, 3.8) is 0 Å². The molecule has 0 spiro atoms. The third kappa shape index (κ3) is 6.65. The van der Waals surface area contributed by atoms with E-state index in [0.29, 0.717) is 17.5 Å². The van der Waals surface area contributed by atoms with E-state index in [1.54, 1.807) is 6.20 Å². The first kappa shape index (κ1) is 36.2. The zero-order chi connectivity index (χ0) is 41.7. The molecule has 5 aromatic heterocycles. The van der Waals surface area contributed by atoms with Crippen LogP contribution in [0.4, 0.5) is 0 Å². The normalized spacial score (nSPS) is 11.5. The minimum absolute atomic E-state index is 0.606. The topological polar surface area (TPSA) is 82.3 Å². The Kier molecular flexibility index (Phi) is 8.67. The van der Waals surface area contributed by atoms with Gasteiger partial charge >= 0.3 is 0 Å². The molecule has 0 atom stereocenters. The molecular formula is C56H35N7. The van der Waals surface area contributed by atoms with Crippen LogP contribution >= 0.6 is 0 Å². The summed E-state index contributed by atoms with van der Waals surface area (Å²) < 4.78 is 2.32. The number of para-hydroxylation sites is 2. The molecule has 7 nitrogen and oxygen atoms in total. The Hall–Kier alpha value is -8.68. The van der Waals surface area contributed by atoms with E-state index in [9.17, 15) is 0 Å². The van der Waals surface area contributed by atoms with Crippen LogP contribution in [0.5, 0.6) is 0 Å². The smallest absolute Gasteiger partial charge is 0.164 e. The number of rotatable bonds is 7. The molecule has 0 radical (unpaired) electrons.